The summed E-state index contributed by atoms with van der Waals surface area (Å²) in [6.07, 6.45) is 17.4. The lowest BCUT2D eigenvalue weighted by Crippen LogP contribution is -3.00. The molecule has 0 radical (unpaired) electrons. The monoisotopic (exact) mass is 363 g/mol. The van der Waals surface area contributed by atoms with Gasteiger partial charge in [0.25, 0.3) is 0 Å². The number of hydrogen-bond donors (Lipinski definition) is 0. The van der Waals surface area contributed by atoms with E-state index in [1.54, 1.807) is 0 Å². The van der Waals surface area contributed by atoms with E-state index < -0.39 is 0 Å². The first-order valence-corrected chi connectivity index (χ1v) is 9.26. The predicted octanol–water partition coefficient (Wildman–Crippen LogP) is 3.03. The molecule has 0 N–H and O–H groups in total. The van der Waals surface area contributed by atoms with Gasteiger partial charge >= 0.3 is 0 Å². The Hall–Kier alpha value is 0.440. The molecule has 0 saturated heterocycles. The third-order valence-corrected chi connectivity index (χ3v) is 4.16. The Morgan fingerprint density at radius 1 is 0.667 bits per heavy atom. The lowest BCUT2D eigenvalue weighted by Gasteiger charge is -2.27. The highest BCUT2D eigenvalue weighted by molar-refractivity contribution is 4.53. The highest BCUT2D eigenvalue weighted by Gasteiger charge is 2.12. The van der Waals surface area contributed by atoms with Crippen molar-refractivity contribution in [1.82, 2.24) is 0 Å². The molecule has 1 atom stereocenters. The van der Waals surface area contributed by atoms with Crippen molar-refractivity contribution >= 4 is 0 Å². The van der Waals surface area contributed by atoms with Gasteiger partial charge in [-0.05, 0) is 6.42 Å². The standard InChI is InChI=1S/C19H42N.BrH/c1-6-7-8-9-10-11-12-13-14-15-16-17-19(2)18-20(3,4)5;/h19H,6-18H2,1-5H3;1H/q+1;/p-1. The van der Waals surface area contributed by atoms with E-state index in [-0.39, 0.29) is 17.0 Å². The molecule has 1 nitrogen and oxygen atoms in total. The van der Waals surface area contributed by atoms with Crippen LogP contribution in [0.25, 0.3) is 0 Å². The van der Waals surface area contributed by atoms with Gasteiger partial charge in [-0.1, -0.05) is 84.5 Å². The molecule has 21 heavy (non-hydrogen) atoms. The van der Waals surface area contributed by atoms with Crippen LogP contribution in [0.3, 0.4) is 0 Å². The normalized spacial score (nSPS) is 13.0. The maximum absolute atomic E-state index is 2.42. The summed E-state index contributed by atoms with van der Waals surface area (Å²) in [7, 11) is 6.91. The molecule has 0 aliphatic heterocycles. The van der Waals surface area contributed by atoms with Gasteiger partial charge < -0.3 is 21.5 Å². The molecular weight excluding hydrogens is 322 g/mol. The number of quaternary nitrogens is 1. The van der Waals surface area contributed by atoms with Gasteiger partial charge in [-0.2, -0.15) is 0 Å². The van der Waals surface area contributed by atoms with E-state index in [1.807, 2.05) is 0 Å². The zero-order chi connectivity index (χ0) is 15.3. The Kier molecular flexibility index (Phi) is 17.3. The van der Waals surface area contributed by atoms with Crippen molar-refractivity contribution < 1.29 is 21.5 Å². The minimum Gasteiger partial charge on any atom is -1.00 e. The maximum atomic E-state index is 2.42. The fraction of sp³-hybridized carbons (Fsp3) is 1.00. The maximum Gasteiger partial charge on any atom is 0.0806 e. The Bertz CT molecular complexity index is 198. The van der Waals surface area contributed by atoms with Crippen LogP contribution in [0.15, 0.2) is 0 Å². The zero-order valence-corrected chi connectivity index (χ0v) is 17.2. The van der Waals surface area contributed by atoms with E-state index >= 15 is 0 Å². The summed E-state index contributed by atoms with van der Waals surface area (Å²) in [5.41, 5.74) is 0. The van der Waals surface area contributed by atoms with Crippen molar-refractivity contribution in [2.24, 2.45) is 5.92 Å². The van der Waals surface area contributed by atoms with Crippen LogP contribution in [0.1, 0.15) is 90.9 Å². The molecule has 0 aliphatic rings. The van der Waals surface area contributed by atoms with Gasteiger partial charge in [0.15, 0.2) is 0 Å². The van der Waals surface area contributed by atoms with Gasteiger partial charge in [-0.15, -0.1) is 0 Å². The molecule has 0 fully saturated rings. The molecule has 0 aromatic heterocycles. The Morgan fingerprint density at radius 3 is 1.43 bits per heavy atom. The molecule has 0 saturated carbocycles. The number of rotatable bonds is 14. The second-order valence-corrected chi connectivity index (χ2v) is 7.90. The summed E-state index contributed by atoms with van der Waals surface area (Å²) in [5.74, 6) is 0.883. The third-order valence-electron chi connectivity index (χ3n) is 4.16. The Labute approximate surface area is 146 Å². The molecule has 0 heterocycles. The van der Waals surface area contributed by atoms with Gasteiger partial charge in [0.2, 0.25) is 0 Å². The topological polar surface area (TPSA) is 0 Å². The van der Waals surface area contributed by atoms with Crippen LogP contribution in [-0.4, -0.2) is 32.2 Å². The van der Waals surface area contributed by atoms with Crippen LogP contribution in [-0.2, 0) is 0 Å². The van der Waals surface area contributed by atoms with E-state index in [1.165, 1.54) is 83.6 Å². The first-order valence-electron chi connectivity index (χ1n) is 9.26. The number of nitrogens with zero attached hydrogens (tertiary/aromatic N) is 1. The fourth-order valence-corrected chi connectivity index (χ4v) is 3.18. The number of hydrogen-bond acceptors (Lipinski definition) is 0. The lowest BCUT2D eigenvalue weighted by atomic mass is 10.0. The first-order chi connectivity index (χ1) is 9.45. The van der Waals surface area contributed by atoms with E-state index in [0.29, 0.717) is 0 Å². The predicted molar refractivity (Wildman–Crippen MR) is 93.1 cm³/mol. The third kappa shape index (κ3) is 20.4. The van der Waals surface area contributed by atoms with Gasteiger partial charge in [0.05, 0.1) is 27.7 Å². The minimum absolute atomic E-state index is 0. The van der Waals surface area contributed by atoms with Crippen molar-refractivity contribution in [1.29, 1.82) is 0 Å². The summed E-state index contributed by atoms with van der Waals surface area (Å²) < 4.78 is 1.11. The molecule has 2 heteroatoms. The second-order valence-electron chi connectivity index (χ2n) is 7.90. The summed E-state index contributed by atoms with van der Waals surface area (Å²) in [6, 6.07) is 0. The van der Waals surface area contributed by atoms with Crippen molar-refractivity contribution in [2.75, 3.05) is 27.7 Å². The molecule has 0 aliphatic carbocycles. The van der Waals surface area contributed by atoms with E-state index in [4.69, 9.17) is 0 Å². The van der Waals surface area contributed by atoms with Gasteiger partial charge in [-0.25, -0.2) is 0 Å². The Morgan fingerprint density at radius 2 is 1.05 bits per heavy atom. The minimum atomic E-state index is 0. The van der Waals surface area contributed by atoms with Crippen LogP contribution < -0.4 is 17.0 Å². The SMILES string of the molecule is CCCCCCCCCCCCCC(C)C[N+](C)(C)C.[Br-]. The molecule has 130 valence electrons. The second kappa shape index (κ2) is 15.3. The summed E-state index contributed by atoms with van der Waals surface area (Å²) in [4.78, 5) is 0. The van der Waals surface area contributed by atoms with Gasteiger partial charge in [0.1, 0.15) is 0 Å². The van der Waals surface area contributed by atoms with Gasteiger partial charge in [0, 0.05) is 5.92 Å². The van der Waals surface area contributed by atoms with Crippen LogP contribution in [0.4, 0.5) is 0 Å². The van der Waals surface area contributed by atoms with Crippen molar-refractivity contribution in [3.05, 3.63) is 0 Å². The van der Waals surface area contributed by atoms with Crippen molar-refractivity contribution in [3.8, 4) is 0 Å². The highest BCUT2D eigenvalue weighted by Crippen LogP contribution is 2.15. The van der Waals surface area contributed by atoms with E-state index in [2.05, 4.69) is 35.0 Å². The fourth-order valence-electron chi connectivity index (χ4n) is 3.18. The molecule has 0 bridgehead atoms. The molecule has 1 unspecified atom stereocenters. The van der Waals surface area contributed by atoms with E-state index in [0.717, 1.165) is 10.4 Å². The van der Waals surface area contributed by atoms with Gasteiger partial charge in [-0.3, -0.25) is 0 Å². The average molecular weight is 364 g/mol. The molecule has 0 aromatic carbocycles. The van der Waals surface area contributed by atoms with Crippen LogP contribution in [0, 0.1) is 5.92 Å². The molecule has 0 aromatic rings. The van der Waals surface area contributed by atoms with Crippen LogP contribution in [0.2, 0.25) is 0 Å². The summed E-state index contributed by atoms with van der Waals surface area (Å²) >= 11 is 0. The number of halogens is 1. The summed E-state index contributed by atoms with van der Waals surface area (Å²) in [6.45, 7) is 6.03. The van der Waals surface area contributed by atoms with Crippen molar-refractivity contribution in [3.63, 3.8) is 0 Å². The van der Waals surface area contributed by atoms with Crippen molar-refractivity contribution in [2.45, 2.75) is 90.9 Å². The molecule has 0 rings (SSSR count). The molecule has 0 spiro atoms. The Balaban J connectivity index is 0. The average Bonchev–Trinajstić information content (AvgIpc) is 2.34. The highest BCUT2D eigenvalue weighted by atomic mass is 79.9. The molecule has 0 amide bonds. The smallest absolute Gasteiger partial charge is 0.0806 e. The first kappa shape index (κ1) is 23.7. The van der Waals surface area contributed by atoms with Crippen LogP contribution in [0.5, 0.6) is 0 Å². The lowest BCUT2D eigenvalue weighted by molar-refractivity contribution is -0.873. The largest absolute Gasteiger partial charge is 1.00 e. The van der Waals surface area contributed by atoms with E-state index in [9.17, 15) is 0 Å². The molecular formula is C19H42BrN. The summed E-state index contributed by atoms with van der Waals surface area (Å²) in [5, 5.41) is 0. The zero-order valence-electron chi connectivity index (χ0n) is 15.6. The number of unbranched alkanes of at least 4 members (excludes halogenated alkanes) is 10. The quantitative estimate of drug-likeness (QED) is 0.328. The van der Waals surface area contributed by atoms with Crippen LogP contribution >= 0.6 is 0 Å².